The molecule has 0 bridgehead atoms. The monoisotopic (exact) mass is 273 g/mol. The third-order valence-electron chi connectivity index (χ3n) is 3.39. The molecule has 0 saturated heterocycles. The Kier molecular flexibility index (Phi) is 4.66. The molecule has 0 aliphatic rings. The van der Waals surface area contributed by atoms with E-state index in [2.05, 4.69) is 29.4 Å². The van der Waals surface area contributed by atoms with Crippen molar-refractivity contribution in [3.8, 4) is 0 Å². The molecule has 0 radical (unpaired) electrons. The Labute approximate surface area is 119 Å². The number of nitrogens with zero attached hydrogens (tertiary/aromatic N) is 2. The summed E-state index contributed by atoms with van der Waals surface area (Å²) in [7, 11) is 0. The number of rotatable bonds is 5. The molecule has 0 saturated carbocycles. The normalized spacial score (nSPS) is 12.2. The molecule has 1 aromatic carbocycles. The predicted molar refractivity (Wildman–Crippen MR) is 79.2 cm³/mol. The summed E-state index contributed by atoms with van der Waals surface area (Å²) in [4.78, 5) is 0. The molecule has 1 heterocycles. The van der Waals surface area contributed by atoms with E-state index in [4.69, 9.17) is 0 Å². The maximum absolute atomic E-state index is 13.0. The number of anilines is 1. The van der Waals surface area contributed by atoms with Crippen molar-refractivity contribution in [3.05, 3.63) is 53.0 Å². The number of aromatic nitrogens is 2. The summed E-state index contributed by atoms with van der Waals surface area (Å²) < 4.78 is 13.0. The average molecular weight is 273 g/mol. The highest BCUT2D eigenvalue weighted by molar-refractivity contribution is 5.45. The van der Waals surface area contributed by atoms with Crippen LogP contribution in [0.2, 0.25) is 0 Å². The Morgan fingerprint density at radius 3 is 2.40 bits per heavy atom. The molecule has 3 nitrogen and oxygen atoms in total. The van der Waals surface area contributed by atoms with Gasteiger partial charge in [0.25, 0.3) is 0 Å². The topological polar surface area (TPSA) is 37.8 Å². The van der Waals surface area contributed by atoms with Gasteiger partial charge < -0.3 is 5.32 Å². The highest BCUT2D eigenvalue weighted by Gasteiger charge is 2.12. The van der Waals surface area contributed by atoms with Crippen LogP contribution in [0.25, 0.3) is 0 Å². The largest absolute Gasteiger partial charge is 0.362 e. The van der Waals surface area contributed by atoms with Crippen LogP contribution in [0, 0.1) is 12.7 Å². The van der Waals surface area contributed by atoms with Crippen molar-refractivity contribution in [2.24, 2.45) is 0 Å². The van der Waals surface area contributed by atoms with Crippen LogP contribution in [-0.4, -0.2) is 10.2 Å². The molecule has 0 amide bonds. The quantitative estimate of drug-likeness (QED) is 0.893. The lowest BCUT2D eigenvalue weighted by atomic mass is 10.0. The van der Waals surface area contributed by atoms with Crippen molar-refractivity contribution in [2.45, 2.75) is 39.7 Å². The van der Waals surface area contributed by atoms with Crippen LogP contribution < -0.4 is 5.32 Å². The van der Waals surface area contributed by atoms with Crippen LogP contribution in [-0.2, 0) is 6.42 Å². The van der Waals surface area contributed by atoms with Gasteiger partial charge in [0.2, 0.25) is 0 Å². The molecule has 20 heavy (non-hydrogen) atoms. The molecule has 1 atom stereocenters. The SMILES string of the molecule is CCc1cc(C)c(N[C@@H](CC)c2ccc(F)cc2)nn1. The Hall–Kier alpha value is -1.97. The molecule has 0 aliphatic heterocycles. The Balaban J connectivity index is 2.20. The van der Waals surface area contributed by atoms with Crippen molar-refractivity contribution >= 4 is 5.82 Å². The number of hydrogen-bond acceptors (Lipinski definition) is 3. The fourth-order valence-electron chi connectivity index (χ4n) is 2.14. The van der Waals surface area contributed by atoms with E-state index < -0.39 is 0 Å². The first-order valence-electron chi connectivity index (χ1n) is 6.99. The molecule has 0 unspecified atom stereocenters. The van der Waals surface area contributed by atoms with E-state index in [1.807, 2.05) is 13.0 Å². The summed E-state index contributed by atoms with van der Waals surface area (Å²) in [5.41, 5.74) is 3.12. The summed E-state index contributed by atoms with van der Waals surface area (Å²) in [6.45, 7) is 6.17. The van der Waals surface area contributed by atoms with E-state index in [1.54, 1.807) is 12.1 Å². The second-order valence-electron chi connectivity index (χ2n) is 4.88. The Morgan fingerprint density at radius 2 is 1.85 bits per heavy atom. The minimum atomic E-state index is -0.216. The van der Waals surface area contributed by atoms with Gasteiger partial charge in [0.1, 0.15) is 5.82 Å². The first kappa shape index (κ1) is 14.4. The zero-order valence-corrected chi connectivity index (χ0v) is 12.2. The van der Waals surface area contributed by atoms with Gasteiger partial charge in [0.15, 0.2) is 5.82 Å². The van der Waals surface area contributed by atoms with Gasteiger partial charge in [-0.15, -0.1) is 5.10 Å². The molecule has 0 aliphatic carbocycles. The third-order valence-corrected chi connectivity index (χ3v) is 3.39. The molecule has 4 heteroatoms. The highest BCUT2D eigenvalue weighted by atomic mass is 19.1. The number of halogens is 1. The first-order valence-corrected chi connectivity index (χ1v) is 6.99. The maximum atomic E-state index is 13.0. The lowest BCUT2D eigenvalue weighted by Crippen LogP contribution is -2.13. The van der Waals surface area contributed by atoms with Gasteiger partial charge >= 0.3 is 0 Å². The van der Waals surface area contributed by atoms with Gasteiger partial charge in [-0.1, -0.05) is 26.0 Å². The van der Waals surface area contributed by atoms with Crippen LogP contribution in [0.3, 0.4) is 0 Å². The van der Waals surface area contributed by atoms with Gasteiger partial charge in [-0.05, 0) is 49.1 Å². The molecular formula is C16H20FN3. The number of aryl methyl sites for hydroxylation is 2. The second-order valence-corrected chi connectivity index (χ2v) is 4.88. The Bertz CT molecular complexity index is 566. The molecule has 1 aromatic heterocycles. The molecule has 2 aromatic rings. The maximum Gasteiger partial charge on any atom is 0.152 e. The summed E-state index contributed by atoms with van der Waals surface area (Å²) >= 11 is 0. The molecule has 106 valence electrons. The summed E-state index contributed by atoms with van der Waals surface area (Å²) in [6, 6.07) is 8.74. The summed E-state index contributed by atoms with van der Waals surface area (Å²) in [5, 5.41) is 11.8. The van der Waals surface area contributed by atoms with Crippen LogP contribution in [0.5, 0.6) is 0 Å². The van der Waals surface area contributed by atoms with E-state index in [0.29, 0.717) is 0 Å². The summed E-state index contributed by atoms with van der Waals surface area (Å²) in [5.74, 6) is 0.574. The number of hydrogen-bond donors (Lipinski definition) is 1. The summed E-state index contributed by atoms with van der Waals surface area (Å²) in [6.07, 6.45) is 1.77. The highest BCUT2D eigenvalue weighted by Crippen LogP contribution is 2.23. The van der Waals surface area contributed by atoms with Crippen LogP contribution in [0.15, 0.2) is 30.3 Å². The van der Waals surface area contributed by atoms with Crippen molar-refractivity contribution in [2.75, 3.05) is 5.32 Å². The Morgan fingerprint density at radius 1 is 1.15 bits per heavy atom. The van der Waals surface area contributed by atoms with Gasteiger partial charge in [-0.25, -0.2) is 4.39 Å². The lowest BCUT2D eigenvalue weighted by molar-refractivity contribution is 0.625. The molecule has 1 N–H and O–H groups in total. The number of nitrogens with one attached hydrogen (secondary N) is 1. The average Bonchev–Trinajstić information content (AvgIpc) is 2.47. The second kappa shape index (κ2) is 6.46. The third kappa shape index (κ3) is 3.32. The van der Waals surface area contributed by atoms with E-state index in [1.165, 1.54) is 12.1 Å². The minimum absolute atomic E-state index is 0.107. The molecule has 0 fully saturated rings. The lowest BCUT2D eigenvalue weighted by Gasteiger charge is -2.19. The van der Waals surface area contributed by atoms with E-state index in [0.717, 1.165) is 35.5 Å². The number of benzene rings is 1. The zero-order valence-electron chi connectivity index (χ0n) is 12.2. The molecular weight excluding hydrogens is 253 g/mol. The standard InChI is InChI=1S/C16H20FN3/c1-4-14-10-11(3)16(20-19-14)18-15(5-2)12-6-8-13(17)9-7-12/h6-10,15H,4-5H2,1-3H3,(H,18,20)/t15-/m0/s1. The zero-order chi connectivity index (χ0) is 14.5. The predicted octanol–water partition coefficient (Wildman–Crippen LogP) is 4.05. The van der Waals surface area contributed by atoms with Crippen molar-refractivity contribution in [3.63, 3.8) is 0 Å². The van der Waals surface area contributed by atoms with Gasteiger partial charge in [-0.3, -0.25) is 0 Å². The van der Waals surface area contributed by atoms with E-state index >= 15 is 0 Å². The first-order chi connectivity index (χ1) is 9.63. The van der Waals surface area contributed by atoms with E-state index in [-0.39, 0.29) is 11.9 Å². The van der Waals surface area contributed by atoms with Crippen molar-refractivity contribution in [1.82, 2.24) is 10.2 Å². The fraction of sp³-hybridized carbons (Fsp3) is 0.375. The molecule has 0 spiro atoms. The minimum Gasteiger partial charge on any atom is -0.362 e. The van der Waals surface area contributed by atoms with Gasteiger partial charge in [0.05, 0.1) is 11.7 Å². The van der Waals surface area contributed by atoms with Gasteiger partial charge in [0, 0.05) is 0 Å². The van der Waals surface area contributed by atoms with Crippen LogP contribution >= 0.6 is 0 Å². The van der Waals surface area contributed by atoms with Crippen molar-refractivity contribution in [1.29, 1.82) is 0 Å². The van der Waals surface area contributed by atoms with E-state index in [9.17, 15) is 4.39 Å². The molecule has 2 rings (SSSR count). The smallest absolute Gasteiger partial charge is 0.152 e. The fourth-order valence-corrected chi connectivity index (χ4v) is 2.14. The van der Waals surface area contributed by atoms with Crippen LogP contribution in [0.1, 0.15) is 43.1 Å². The van der Waals surface area contributed by atoms with Crippen LogP contribution in [0.4, 0.5) is 10.2 Å². The van der Waals surface area contributed by atoms with Gasteiger partial charge in [-0.2, -0.15) is 5.10 Å². The van der Waals surface area contributed by atoms with Crippen molar-refractivity contribution < 1.29 is 4.39 Å².